The summed E-state index contributed by atoms with van der Waals surface area (Å²) in [6, 6.07) is -0.195. The maximum absolute atomic E-state index is 11.7. The SMILES string of the molecule is Cc1ncc(C(=O)N[C@H](CO)C(C)C)s1. The number of aliphatic hydroxyl groups is 1. The normalized spacial score (nSPS) is 12.9. The lowest BCUT2D eigenvalue weighted by Crippen LogP contribution is -2.40. The summed E-state index contributed by atoms with van der Waals surface area (Å²) >= 11 is 1.36. The molecule has 0 saturated carbocycles. The third-order valence-corrected chi connectivity index (χ3v) is 3.07. The number of nitrogens with zero attached hydrogens (tertiary/aromatic N) is 1. The first-order valence-electron chi connectivity index (χ1n) is 4.88. The Balaban J connectivity index is 2.62. The minimum Gasteiger partial charge on any atom is -0.394 e. The van der Waals surface area contributed by atoms with Gasteiger partial charge in [0.05, 0.1) is 23.9 Å². The zero-order valence-electron chi connectivity index (χ0n) is 9.15. The van der Waals surface area contributed by atoms with Crippen LogP contribution in [0.25, 0.3) is 0 Å². The van der Waals surface area contributed by atoms with Gasteiger partial charge in [-0.1, -0.05) is 13.8 Å². The molecule has 0 saturated heterocycles. The van der Waals surface area contributed by atoms with Gasteiger partial charge in [-0.3, -0.25) is 4.79 Å². The number of carbonyl (C=O) groups excluding carboxylic acids is 1. The largest absolute Gasteiger partial charge is 0.394 e. The van der Waals surface area contributed by atoms with Gasteiger partial charge in [-0.2, -0.15) is 0 Å². The smallest absolute Gasteiger partial charge is 0.263 e. The molecule has 0 aliphatic carbocycles. The molecule has 1 atom stereocenters. The molecule has 0 radical (unpaired) electrons. The van der Waals surface area contributed by atoms with Crippen molar-refractivity contribution < 1.29 is 9.90 Å². The van der Waals surface area contributed by atoms with Crippen LogP contribution >= 0.6 is 11.3 Å². The second kappa shape index (κ2) is 5.23. The van der Waals surface area contributed by atoms with E-state index in [9.17, 15) is 4.79 Å². The summed E-state index contributed by atoms with van der Waals surface area (Å²) in [5.74, 6) is 0.0568. The van der Waals surface area contributed by atoms with Crippen molar-refractivity contribution in [3.8, 4) is 0 Å². The first-order valence-corrected chi connectivity index (χ1v) is 5.70. The fourth-order valence-electron chi connectivity index (χ4n) is 1.13. The molecule has 0 spiro atoms. The number of aryl methyl sites for hydroxylation is 1. The number of rotatable bonds is 4. The quantitative estimate of drug-likeness (QED) is 0.814. The van der Waals surface area contributed by atoms with Crippen LogP contribution in [0.3, 0.4) is 0 Å². The number of aliphatic hydroxyl groups excluding tert-OH is 1. The van der Waals surface area contributed by atoms with Crippen molar-refractivity contribution in [3.05, 3.63) is 16.1 Å². The minimum absolute atomic E-state index is 0.0405. The van der Waals surface area contributed by atoms with Gasteiger partial charge in [0, 0.05) is 0 Å². The van der Waals surface area contributed by atoms with Gasteiger partial charge < -0.3 is 10.4 Å². The Morgan fingerprint density at radius 3 is 2.73 bits per heavy atom. The Hall–Kier alpha value is -0.940. The molecule has 1 rings (SSSR count). The second-order valence-corrected chi connectivity index (χ2v) is 4.98. The lowest BCUT2D eigenvalue weighted by atomic mass is 10.1. The lowest BCUT2D eigenvalue weighted by Gasteiger charge is -2.19. The van der Waals surface area contributed by atoms with E-state index in [2.05, 4.69) is 10.3 Å². The zero-order chi connectivity index (χ0) is 11.4. The molecule has 15 heavy (non-hydrogen) atoms. The number of thiazole rings is 1. The molecule has 0 aliphatic heterocycles. The van der Waals surface area contributed by atoms with Crippen molar-refractivity contribution in [1.29, 1.82) is 0 Å². The molecule has 2 N–H and O–H groups in total. The van der Waals surface area contributed by atoms with E-state index in [0.717, 1.165) is 5.01 Å². The summed E-state index contributed by atoms with van der Waals surface area (Å²) in [6.07, 6.45) is 1.56. The van der Waals surface area contributed by atoms with Gasteiger partial charge in [0.2, 0.25) is 0 Å². The average Bonchev–Trinajstić information content (AvgIpc) is 2.60. The van der Waals surface area contributed by atoms with E-state index in [1.807, 2.05) is 20.8 Å². The van der Waals surface area contributed by atoms with Crippen LogP contribution in [0.1, 0.15) is 28.5 Å². The predicted octanol–water partition coefficient (Wildman–Crippen LogP) is 1.20. The summed E-state index contributed by atoms with van der Waals surface area (Å²) in [5, 5.41) is 12.7. The third kappa shape index (κ3) is 3.28. The molecular formula is C10H16N2O2S. The molecule has 0 unspecified atom stereocenters. The highest BCUT2D eigenvalue weighted by molar-refractivity contribution is 7.13. The molecular weight excluding hydrogens is 212 g/mol. The van der Waals surface area contributed by atoms with Gasteiger partial charge in [-0.15, -0.1) is 11.3 Å². The van der Waals surface area contributed by atoms with E-state index in [1.165, 1.54) is 11.3 Å². The molecule has 5 heteroatoms. The number of hydrogen-bond acceptors (Lipinski definition) is 4. The Morgan fingerprint density at radius 1 is 1.67 bits per heavy atom. The fourth-order valence-corrected chi connectivity index (χ4v) is 1.81. The Labute approximate surface area is 93.4 Å². The highest BCUT2D eigenvalue weighted by Gasteiger charge is 2.17. The molecule has 0 aromatic carbocycles. The topological polar surface area (TPSA) is 62.2 Å². The molecule has 0 aliphatic rings. The molecule has 1 heterocycles. The molecule has 1 amide bonds. The van der Waals surface area contributed by atoms with Crippen LogP contribution in [0, 0.1) is 12.8 Å². The van der Waals surface area contributed by atoms with Gasteiger partial charge >= 0.3 is 0 Å². The van der Waals surface area contributed by atoms with Gasteiger partial charge in [-0.25, -0.2) is 4.98 Å². The number of hydrogen-bond donors (Lipinski definition) is 2. The summed E-state index contributed by atoms with van der Waals surface area (Å²) in [6.45, 7) is 5.73. The maximum Gasteiger partial charge on any atom is 0.263 e. The van der Waals surface area contributed by atoms with Gasteiger partial charge in [-0.05, 0) is 12.8 Å². The third-order valence-electron chi connectivity index (χ3n) is 2.16. The van der Waals surface area contributed by atoms with Crippen molar-refractivity contribution in [1.82, 2.24) is 10.3 Å². The van der Waals surface area contributed by atoms with Gasteiger partial charge in [0.25, 0.3) is 5.91 Å². The summed E-state index contributed by atoms with van der Waals surface area (Å²) < 4.78 is 0. The Bertz CT molecular complexity index is 336. The van der Waals surface area contributed by atoms with E-state index in [4.69, 9.17) is 5.11 Å². The number of nitrogens with one attached hydrogen (secondary N) is 1. The van der Waals surface area contributed by atoms with Crippen molar-refractivity contribution in [2.45, 2.75) is 26.8 Å². The lowest BCUT2D eigenvalue weighted by molar-refractivity contribution is 0.0901. The maximum atomic E-state index is 11.7. The van der Waals surface area contributed by atoms with Crippen LogP contribution in [0.5, 0.6) is 0 Å². The monoisotopic (exact) mass is 228 g/mol. The van der Waals surface area contributed by atoms with Crippen molar-refractivity contribution >= 4 is 17.2 Å². The highest BCUT2D eigenvalue weighted by atomic mass is 32.1. The molecule has 1 aromatic heterocycles. The Morgan fingerprint density at radius 2 is 2.33 bits per heavy atom. The highest BCUT2D eigenvalue weighted by Crippen LogP contribution is 2.12. The summed E-state index contributed by atoms with van der Waals surface area (Å²) in [4.78, 5) is 16.3. The number of amides is 1. The standard InChI is InChI=1S/C10H16N2O2S/c1-6(2)8(5-13)12-10(14)9-4-11-7(3)15-9/h4,6,8,13H,5H2,1-3H3,(H,12,14)/t8-/m1/s1. The first-order chi connectivity index (χ1) is 7.04. The summed E-state index contributed by atoms with van der Waals surface area (Å²) in [5.41, 5.74) is 0. The van der Waals surface area contributed by atoms with Crippen LogP contribution in [0.2, 0.25) is 0 Å². The van der Waals surface area contributed by atoms with Gasteiger partial charge in [0.1, 0.15) is 4.88 Å². The van der Waals surface area contributed by atoms with Crippen LogP contribution in [-0.2, 0) is 0 Å². The second-order valence-electron chi connectivity index (χ2n) is 3.75. The van der Waals surface area contributed by atoms with Crippen LogP contribution in [0.15, 0.2) is 6.20 Å². The first kappa shape index (κ1) is 12.1. The zero-order valence-corrected chi connectivity index (χ0v) is 9.97. The van der Waals surface area contributed by atoms with Crippen LogP contribution in [0.4, 0.5) is 0 Å². The summed E-state index contributed by atoms with van der Waals surface area (Å²) in [7, 11) is 0. The van der Waals surface area contributed by atoms with Crippen molar-refractivity contribution in [2.75, 3.05) is 6.61 Å². The predicted molar refractivity (Wildman–Crippen MR) is 60.0 cm³/mol. The number of aromatic nitrogens is 1. The minimum atomic E-state index is -0.195. The van der Waals surface area contributed by atoms with E-state index in [1.54, 1.807) is 6.20 Å². The van der Waals surface area contributed by atoms with E-state index in [0.29, 0.717) is 4.88 Å². The molecule has 84 valence electrons. The number of carbonyl (C=O) groups is 1. The van der Waals surface area contributed by atoms with E-state index < -0.39 is 0 Å². The van der Waals surface area contributed by atoms with Crippen LogP contribution < -0.4 is 5.32 Å². The molecule has 0 bridgehead atoms. The average molecular weight is 228 g/mol. The van der Waals surface area contributed by atoms with Crippen LogP contribution in [-0.4, -0.2) is 28.6 Å². The van der Waals surface area contributed by atoms with Crippen molar-refractivity contribution in [2.24, 2.45) is 5.92 Å². The molecule has 0 fully saturated rings. The van der Waals surface area contributed by atoms with Crippen molar-refractivity contribution in [3.63, 3.8) is 0 Å². The van der Waals surface area contributed by atoms with E-state index in [-0.39, 0.29) is 24.5 Å². The fraction of sp³-hybridized carbons (Fsp3) is 0.600. The van der Waals surface area contributed by atoms with E-state index >= 15 is 0 Å². The Kier molecular flexibility index (Phi) is 4.23. The van der Waals surface area contributed by atoms with Gasteiger partial charge in [0.15, 0.2) is 0 Å². The molecule has 4 nitrogen and oxygen atoms in total. The molecule has 1 aromatic rings.